The van der Waals surface area contributed by atoms with Crippen LogP contribution in [0.5, 0.6) is 0 Å². The van der Waals surface area contributed by atoms with Crippen molar-refractivity contribution in [1.82, 2.24) is 29.7 Å². The van der Waals surface area contributed by atoms with Crippen LogP contribution in [0.25, 0.3) is 0 Å². The number of likely N-dealkylation sites (tertiary alicyclic amines) is 1. The van der Waals surface area contributed by atoms with Gasteiger partial charge in [-0.3, -0.25) is 9.80 Å². The molecule has 6 heteroatoms. The Kier molecular flexibility index (Phi) is 4.93. The number of aromatic amines is 1. The molecule has 1 spiro atoms. The molecule has 1 aliphatic carbocycles. The molecule has 4 heterocycles. The van der Waals surface area contributed by atoms with Crippen molar-refractivity contribution in [2.24, 2.45) is 0 Å². The highest BCUT2D eigenvalue weighted by Crippen LogP contribution is 2.41. The molecule has 0 bridgehead atoms. The number of hydrogen-bond acceptors (Lipinski definition) is 5. The van der Waals surface area contributed by atoms with Crippen LogP contribution in [0.15, 0.2) is 18.7 Å². The van der Waals surface area contributed by atoms with E-state index in [4.69, 9.17) is 15.0 Å². The van der Waals surface area contributed by atoms with E-state index in [1.54, 1.807) is 0 Å². The standard InChI is InChI=1S/C22H32N6/c1-27-10-7-19-20(26-16-25-19)22(27)8-11-28(12-9-22)15-17-13-23-21(24-14-17)18-5-3-2-4-6-18/h13-14,16,18H,2-12,15H2,1H3,(H,25,26). The van der Waals surface area contributed by atoms with Gasteiger partial charge in [0, 0.05) is 62.2 Å². The first-order valence-electron chi connectivity index (χ1n) is 11.0. The van der Waals surface area contributed by atoms with Crippen molar-refractivity contribution in [2.75, 3.05) is 26.7 Å². The van der Waals surface area contributed by atoms with Crippen molar-refractivity contribution < 1.29 is 0 Å². The van der Waals surface area contributed by atoms with E-state index in [0.29, 0.717) is 5.92 Å². The van der Waals surface area contributed by atoms with Crippen LogP contribution < -0.4 is 0 Å². The van der Waals surface area contributed by atoms with Gasteiger partial charge < -0.3 is 4.98 Å². The zero-order valence-electron chi connectivity index (χ0n) is 17.0. The molecule has 3 aliphatic rings. The summed E-state index contributed by atoms with van der Waals surface area (Å²) in [5.74, 6) is 1.65. The highest BCUT2D eigenvalue weighted by atomic mass is 15.2. The lowest BCUT2D eigenvalue weighted by Crippen LogP contribution is -2.54. The maximum Gasteiger partial charge on any atom is 0.131 e. The van der Waals surface area contributed by atoms with Crippen LogP contribution in [0.4, 0.5) is 0 Å². The first-order valence-corrected chi connectivity index (χ1v) is 11.0. The number of fused-ring (bicyclic) bond motifs is 2. The number of aromatic nitrogens is 4. The van der Waals surface area contributed by atoms with Crippen LogP contribution in [0.3, 0.4) is 0 Å². The number of hydrogen-bond donors (Lipinski definition) is 1. The molecule has 0 unspecified atom stereocenters. The molecule has 2 aromatic rings. The fraction of sp³-hybridized carbons (Fsp3) is 0.682. The monoisotopic (exact) mass is 380 g/mol. The summed E-state index contributed by atoms with van der Waals surface area (Å²) in [6, 6.07) is 0. The summed E-state index contributed by atoms with van der Waals surface area (Å²) in [6.45, 7) is 4.27. The molecule has 2 fully saturated rings. The van der Waals surface area contributed by atoms with E-state index < -0.39 is 0 Å². The van der Waals surface area contributed by atoms with Crippen molar-refractivity contribution in [1.29, 1.82) is 0 Å². The lowest BCUT2D eigenvalue weighted by atomic mass is 9.79. The zero-order chi connectivity index (χ0) is 19.0. The van der Waals surface area contributed by atoms with Crippen molar-refractivity contribution in [3.8, 4) is 0 Å². The summed E-state index contributed by atoms with van der Waals surface area (Å²) in [6.07, 6.45) is 15.9. The topological polar surface area (TPSA) is 60.9 Å². The third-order valence-electron chi connectivity index (χ3n) is 7.37. The van der Waals surface area contributed by atoms with Crippen LogP contribution in [-0.2, 0) is 18.5 Å². The Bertz CT molecular complexity index is 784. The molecule has 5 rings (SSSR count). The summed E-state index contributed by atoms with van der Waals surface area (Å²) in [7, 11) is 2.27. The second-order valence-electron chi connectivity index (χ2n) is 8.99. The Labute approximate surface area is 167 Å². The van der Waals surface area contributed by atoms with Gasteiger partial charge in [0.25, 0.3) is 0 Å². The Balaban J connectivity index is 1.22. The average Bonchev–Trinajstić information content (AvgIpc) is 3.24. The van der Waals surface area contributed by atoms with Crippen LogP contribution in [0, 0.1) is 0 Å². The third-order valence-corrected chi connectivity index (χ3v) is 7.37. The van der Waals surface area contributed by atoms with Gasteiger partial charge in [-0.05, 0) is 32.7 Å². The van der Waals surface area contributed by atoms with E-state index in [1.807, 2.05) is 6.33 Å². The first-order chi connectivity index (χ1) is 13.7. The van der Waals surface area contributed by atoms with E-state index in [9.17, 15) is 0 Å². The molecule has 0 atom stereocenters. The minimum absolute atomic E-state index is 0.116. The molecular weight excluding hydrogens is 348 g/mol. The zero-order valence-corrected chi connectivity index (χ0v) is 17.0. The highest BCUT2D eigenvalue weighted by molar-refractivity contribution is 5.26. The van der Waals surface area contributed by atoms with Gasteiger partial charge in [0.05, 0.1) is 17.6 Å². The van der Waals surface area contributed by atoms with E-state index >= 15 is 0 Å². The molecule has 1 saturated carbocycles. The van der Waals surface area contributed by atoms with Crippen molar-refractivity contribution >= 4 is 0 Å². The number of H-pyrrole nitrogens is 1. The van der Waals surface area contributed by atoms with Gasteiger partial charge in [0.15, 0.2) is 0 Å². The van der Waals surface area contributed by atoms with Crippen LogP contribution in [0.1, 0.15) is 73.6 Å². The molecule has 0 amide bonds. The SMILES string of the molecule is CN1CCc2[nH]cnc2C12CCN(Cc1cnc(C3CCCCC3)nc1)CC2. The van der Waals surface area contributed by atoms with Crippen LogP contribution in [0.2, 0.25) is 0 Å². The second-order valence-corrected chi connectivity index (χ2v) is 8.99. The van der Waals surface area contributed by atoms with Gasteiger partial charge in [0.2, 0.25) is 0 Å². The Morgan fingerprint density at radius 2 is 1.79 bits per heavy atom. The minimum atomic E-state index is 0.116. The molecule has 1 N–H and O–H groups in total. The van der Waals surface area contributed by atoms with Crippen LogP contribution >= 0.6 is 0 Å². The second kappa shape index (κ2) is 7.56. The lowest BCUT2D eigenvalue weighted by molar-refractivity contribution is 0.0221. The van der Waals surface area contributed by atoms with E-state index in [1.165, 1.54) is 49.1 Å². The maximum atomic E-state index is 4.73. The normalized spacial score (nSPS) is 23.8. The predicted molar refractivity (Wildman–Crippen MR) is 109 cm³/mol. The number of piperidine rings is 1. The molecule has 0 radical (unpaired) electrons. The maximum absolute atomic E-state index is 4.73. The van der Waals surface area contributed by atoms with Crippen molar-refractivity contribution in [2.45, 2.75) is 69.4 Å². The van der Waals surface area contributed by atoms with Gasteiger partial charge in [0.1, 0.15) is 5.82 Å². The first kappa shape index (κ1) is 18.3. The fourth-order valence-corrected chi connectivity index (χ4v) is 5.56. The molecule has 6 nitrogen and oxygen atoms in total. The predicted octanol–water partition coefficient (Wildman–Crippen LogP) is 3.23. The average molecular weight is 381 g/mol. The summed E-state index contributed by atoms with van der Waals surface area (Å²) in [4.78, 5) is 22.6. The van der Waals surface area contributed by atoms with Gasteiger partial charge in [-0.15, -0.1) is 0 Å². The van der Waals surface area contributed by atoms with E-state index in [0.717, 1.165) is 51.3 Å². The molecule has 1 saturated heterocycles. The Morgan fingerprint density at radius 1 is 1.04 bits per heavy atom. The van der Waals surface area contributed by atoms with Gasteiger partial charge >= 0.3 is 0 Å². The third kappa shape index (κ3) is 3.26. The Hall–Kier alpha value is -1.79. The molecule has 28 heavy (non-hydrogen) atoms. The van der Waals surface area contributed by atoms with Crippen molar-refractivity contribution in [3.63, 3.8) is 0 Å². The fourth-order valence-electron chi connectivity index (χ4n) is 5.56. The number of rotatable bonds is 3. The Morgan fingerprint density at radius 3 is 2.54 bits per heavy atom. The molecule has 150 valence electrons. The highest BCUT2D eigenvalue weighted by Gasteiger charge is 2.44. The number of nitrogens with one attached hydrogen (secondary N) is 1. The number of imidazole rings is 1. The number of nitrogens with zero attached hydrogens (tertiary/aromatic N) is 5. The summed E-state index contributed by atoms with van der Waals surface area (Å²) in [5, 5.41) is 0. The van der Waals surface area contributed by atoms with Gasteiger partial charge in [-0.2, -0.15) is 0 Å². The molecule has 0 aromatic carbocycles. The van der Waals surface area contributed by atoms with E-state index in [2.05, 4.69) is 34.2 Å². The molecule has 2 aliphatic heterocycles. The van der Waals surface area contributed by atoms with Crippen molar-refractivity contribution in [3.05, 3.63) is 41.5 Å². The number of likely N-dealkylation sites (N-methyl/N-ethyl adjacent to an activating group) is 1. The summed E-state index contributed by atoms with van der Waals surface area (Å²) >= 11 is 0. The van der Waals surface area contributed by atoms with Gasteiger partial charge in [-0.1, -0.05) is 19.3 Å². The van der Waals surface area contributed by atoms with Gasteiger partial charge in [-0.25, -0.2) is 15.0 Å². The van der Waals surface area contributed by atoms with Crippen LogP contribution in [-0.4, -0.2) is 56.4 Å². The van der Waals surface area contributed by atoms with E-state index in [-0.39, 0.29) is 5.54 Å². The smallest absolute Gasteiger partial charge is 0.131 e. The molecular formula is C22H32N6. The quantitative estimate of drug-likeness (QED) is 0.886. The largest absolute Gasteiger partial charge is 0.348 e. The minimum Gasteiger partial charge on any atom is -0.348 e. The molecule has 2 aromatic heterocycles. The lowest BCUT2D eigenvalue weighted by Gasteiger charge is -2.49. The summed E-state index contributed by atoms with van der Waals surface area (Å²) in [5.41, 5.74) is 4.00. The summed E-state index contributed by atoms with van der Waals surface area (Å²) < 4.78 is 0.